The van der Waals surface area contributed by atoms with Gasteiger partial charge in [-0.15, -0.1) is 0 Å². The number of halogens is 1. The number of anilines is 1. The monoisotopic (exact) mass is 315 g/mol. The molecule has 1 aromatic heterocycles. The number of nitrogens with zero attached hydrogens (tertiary/aromatic N) is 2. The highest BCUT2D eigenvalue weighted by atomic mass is 19.1. The number of carbonyl (C=O) groups is 1. The van der Waals surface area contributed by atoms with Crippen molar-refractivity contribution in [2.24, 2.45) is 0 Å². The minimum Gasteiger partial charge on any atom is -0.367 e. The van der Waals surface area contributed by atoms with Gasteiger partial charge in [-0.3, -0.25) is 9.59 Å². The first-order valence-corrected chi connectivity index (χ1v) is 7.98. The van der Waals surface area contributed by atoms with E-state index in [1.807, 2.05) is 9.47 Å². The first kappa shape index (κ1) is 14.4. The van der Waals surface area contributed by atoms with Crippen molar-refractivity contribution in [1.29, 1.82) is 0 Å². The number of rotatable bonds is 3. The van der Waals surface area contributed by atoms with Crippen LogP contribution in [0.2, 0.25) is 0 Å². The summed E-state index contributed by atoms with van der Waals surface area (Å²) in [5.41, 5.74) is 0.959. The van der Waals surface area contributed by atoms with Crippen LogP contribution in [0, 0.1) is 5.82 Å². The predicted octanol–water partition coefficient (Wildman–Crippen LogP) is 1.70. The van der Waals surface area contributed by atoms with Crippen molar-refractivity contribution in [3.8, 4) is 0 Å². The standard InChI is InChI=1S/C17H18FN3O2/c18-14-7-13-15(8-16(14)20-5-3-19-4-6-20)21(12-1-2-12)9-11(10-22)17(13)23/h7-10,12,19H,1-6H2. The number of hydrogen-bond donors (Lipinski definition) is 1. The molecule has 23 heavy (non-hydrogen) atoms. The number of piperazine rings is 1. The predicted molar refractivity (Wildman–Crippen MR) is 86.9 cm³/mol. The van der Waals surface area contributed by atoms with E-state index < -0.39 is 11.2 Å². The number of pyridine rings is 1. The fraction of sp³-hybridized carbons (Fsp3) is 0.412. The molecule has 0 bridgehead atoms. The highest BCUT2D eigenvalue weighted by Gasteiger charge is 2.26. The van der Waals surface area contributed by atoms with Crippen LogP contribution in [0.25, 0.3) is 10.9 Å². The molecular formula is C17H18FN3O2. The number of hydrogen-bond acceptors (Lipinski definition) is 4. The summed E-state index contributed by atoms with van der Waals surface area (Å²) in [5, 5.41) is 3.54. The number of benzene rings is 1. The molecular weight excluding hydrogens is 297 g/mol. The van der Waals surface area contributed by atoms with Crippen LogP contribution in [-0.2, 0) is 0 Å². The highest BCUT2D eigenvalue weighted by Crippen LogP contribution is 2.38. The van der Waals surface area contributed by atoms with Gasteiger partial charge in [0.05, 0.1) is 16.8 Å². The van der Waals surface area contributed by atoms with Crippen LogP contribution in [0.4, 0.5) is 10.1 Å². The fourth-order valence-corrected chi connectivity index (χ4v) is 3.27. The van der Waals surface area contributed by atoms with E-state index in [0.29, 0.717) is 18.0 Å². The summed E-state index contributed by atoms with van der Waals surface area (Å²) in [7, 11) is 0. The van der Waals surface area contributed by atoms with Gasteiger partial charge in [-0.05, 0) is 25.0 Å². The Kier molecular flexibility index (Phi) is 3.41. The average Bonchev–Trinajstić information content (AvgIpc) is 3.41. The minimum absolute atomic E-state index is 0.0960. The lowest BCUT2D eigenvalue weighted by atomic mass is 10.1. The molecule has 2 heterocycles. The zero-order chi connectivity index (χ0) is 16.0. The summed E-state index contributed by atoms with van der Waals surface area (Å²) >= 11 is 0. The summed E-state index contributed by atoms with van der Waals surface area (Å²) in [5.74, 6) is -0.401. The maximum Gasteiger partial charge on any atom is 0.199 e. The third-order valence-corrected chi connectivity index (χ3v) is 4.65. The van der Waals surface area contributed by atoms with Crippen molar-refractivity contribution in [3.05, 3.63) is 39.9 Å². The zero-order valence-electron chi connectivity index (χ0n) is 12.7. The molecule has 1 aliphatic carbocycles. The number of carbonyl (C=O) groups excluding carboxylic acids is 1. The van der Waals surface area contributed by atoms with Gasteiger partial charge in [-0.25, -0.2) is 4.39 Å². The second kappa shape index (κ2) is 5.45. The molecule has 2 aliphatic rings. The van der Waals surface area contributed by atoms with E-state index in [-0.39, 0.29) is 10.9 Å². The summed E-state index contributed by atoms with van der Waals surface area (Å²) in [6.45, 7) is 3.11. The number of aromatic nitrogens is 1. The Morgan fingerprint density at radius 3 is 2.61 bits per heavy atom. The Morgan fingerprint density at radius 1 is 1.22 bits per heavy atom. The Balaban J connectivity index is 1.94. The first-order valence-electron chi connectivity index (χ1n) is 7.98. The Bertz CT molecular complexity index is 836. The van der Waals surface area contributed by atoms with Crippen LogP contribution in [0.1, 0.15) is 29.2 Å². The molecule has 1 saturated carbocycles. The van der Waals surface area contributed by atoms with Crippen molar-refractivity contribution < 1.29 is 9.18 Å². The molecule has 1 aromatic carbocycles. The Labute approximate surface area is 132 Å². The molecule has 6 heteroatoms. The van der Waals surface area contributed by atoms with E-state index in [0.717, 1.165) is 44.5 Å². The lowest BCUT2D eigenvalue weighted by Crippen LogP contribution is -2.43. The summed E-state index contributed by atoms with van der Waals surface area (Å²) < 4.78 is 16.5. The molecule has 0 unspecified atom stereocenters. The molecule has 0 radical (unpaired) electrons. The van der Waals surface area contributed by atoms with Crippen molar-refractivity contribution >= 4 is 22.9 Å². The molecule has 5 nitrogen and oxygen atoms in total. The van der Waals surface area contributed by atoms with E-state index in [2.05, 4.69) is 5.32 Å². The molecule has 120 valence electrons. The van der Waals surface area contributed by atoms with E-state index in [4.69, 9.17) is 0 Å². The largest absolute Gasteiger partial charge is 0.367 e. The molecule has 0 amide bonds. The lowest BCUT2D eigenvalue weighted by molar-refractivity contribution is 0.112. The minimum atomic E-state index is -0.401. The third-order valence-electron chi connectivity index (χ3n) is 4.65. The maximum absolute atomic E-state index is 14.6. The number of nitrogens with one attached hydrogen (secondary N) is 1. The van der Waals surface area contributed by atoms with Crippen LogP contribution >= 0.6 is 0 Å². The second-order valence-electron chi connectivity index (χ2n) is 6.23. The summed E-state index contributed by atoms with van der Waals surface area (Å²) in [4.78, 5) is 25.5. The first-order chi connectivity index (χ1) is 11.2. The molecule has 4 rings (SSSR count). The van der Waals surface area contributed by atoms with Gasteiger partial charge in [0.25, 0.3) is 0 Å². The normalized spacial score (nSPS) is 18.4. The van der Waals surface area contributed by atoms with Crippen LogP contribution < -0.4 is 15.6 Å². The summed E-state index contributed by atoms with van der Waals surface area (Å²) in [6, 6.07) is 3.36. The average molecular weight is 315 g/mol. The molecule has 1 saturated heterocycles. The number of fused-ring (bicyclic) bond motifs is 1. The van der Waals surface area contributed by atoms with E-state index in [1.54, 1.807) is 12.3 Å². The quantitative estimate of drug-likeness (QED) is 0.876. The van der Waals surface area contributed by atoms with Crippen LogP contribution in [0.5, 0.6) is 0 Å². The molecule has 0 atom stereocenters. The van der Waals surface area contributed by atoms with Crippen molar-refractivity contribution in [3.63, 3.8) is 0 Å². The molecule has 2 aromatic rings. The van der Waals surface area contributed by atoms with Gasteiger partial charge in [0.15, 0.2) is 11.7 Å². The molecule has 1 aliphatic heterocycles. The fourth-order valence-electron chi connectivity index (χ4n) is 3.27. The van der Waals surface area contributed by atoms with Gasteiger partial charge in [0.1, 0.15) is 5.82 Å². The van der Waals surface area contributed by atoms with Gasteiger partial charge in [0, 0.05) is 43.8 Å². The van der Waals surface area contributed by atoms with E-state index >= 15 is 0 Å². The SMILES string of the molecule is O=Cc1cn(C2CC2)c2cc(N3CCNCC3)c(F)cc2c1=O. The van der Waals surface area contributed by atoms with Gasteiger partial charge >= 0.3 is 0 Å². The smallest absolute Gasteiger partial charge is 0.199 e. The third kappa shape index (κ3) is 2.43. The zero-order valence-corrected chi connectivity index (χ0v) is 12.7. The van der Waals surface area contributed by atoms with Crippen molar-refractivity contribution in [2.45, 2.75) is 18.9 Å². The van der Waals surface area contributed by atoms with Crippen LogP contribution in [-0.4, -0.2) is 37.0 Å². The Hall–Kier alpha value is -2.21. The van der Waals surface area contributed by atoms with E-state index in [1.165, 1.54) is 6.07 Å². The van der Waals surface area contributed by atoms with Gasteiger partial charge in [-0.1, -0.05) is 0 Å². The lowest BCUT2D eigenvalue weighted by Gasteiger charge is -2.30. The highest BCUT2D eigenvalue weighted by molar-refractivity contribution is 5.88. The second-order valence-corrected chi connectivity index (χ2v) is 6.23. The molecule has 0 spiro atoms. The summed E-state index contributed by atoms with van der Waals surface area (Å²) in [6.07, 6.45) is 4.23. The molecule has 1 N–H and O–H groups in total. The number of aldehydes is 1. The topological polar surface area (TPSA) is 54.3 Å². The molecule has 2 fully saturated rings. The Morgan fingerprint density at radius 2 is 1.96 bits per heavy atom. The van der Waals surface area contributed by atoms with Gasteiger partial charge in [-0.2, -0.15) is 0 Å². The van der Waals surface area contributed by atoms with Crippen molar-refractivity contribution in [1.82, 2.24) is 9.88 Å². The van der Waals surface area contributed by atoms with Crippen LogP contribution in [0.3, 0.4) is 0 Å². The van der Waals surface area contributed by atoms with Gasteiger partial charge in [0.2, 0.25) is 0 Å². The van der Waals surface area contributed by atoms with Crippen LogP contribution in [0.15, 0.2) is 23.1 Å². The van der Waals surface area contributed by atoms with Crippen molar-refractivity contribution in [2.75, 3.05) is 31.1 Å². The van der Waals surface area contributed by atoms with E-state index in [9.17, 15) is 14.0 Å². The maximum atomic E-state index is 14.6. The van der Waals surface area contributed by atoms with Gasteiger partial charge < -0.3 is 14.8 Å².